The van der Waals surface area contributed by atoms with Crippen molar-refractivity contribution in [2.45, 2.75) is 33.5 Å². The summed E-state index contributed by atoms with van der Waals surface area (Å²) in [6.07, 6.45) is -4.59. The summed E-state index contributed by atoms with van der Waals surface area (Å²) in [7, 11) is 3.28. The van der Waals surface area contributed by atoms with E-state index >= 15 is 0 Å². The molecule has 0 saturated heterocycles. The summed E-state index contributed by atoms with van der Waals surface area (Å²) in [6.45, 7) is 6.16. The normalized spacial score (nSPS) is 11.8. The Morgan fingerprint density at radius 1 is 1.18 bits per heavy atom. The first-order valence-electron chi connectivity index (χ1n) is 6.83. The van der Waals surface area contributed by atoms with Crippen LogP contribution in [0.1, 0.15) is 24.1 Å². The van der Waals surface area contributed by atoms with Gasteiger partial charge in [-0.3, -0.25) is 4.68 Å². The predicted molar refractivity (Wildman–Crippen MR) is 77.7 cm³/mol. The van der Waals surface area contributed by atoms with Crippen LogP contribution in [-0.2, 0) is 12.7 Å². The molecule has 0 bridgehead atoms. The van der Waals surface area contributed by atoms with Gasteiger partial charge >= 0.3 is 6.18 Å². The quantitative estimate of drug-likeness (QED) is 0.874. The number of aryl methyl sites for hydroxylation is 2. The van der Waals surface area contributed by atoms with Crippen molar-refractivity contribution in [3.63, 3.8) is 0 Å². The molecule has 0 N–H and O–H groups in total. The molecule has 0 spiro atoms. The summed E-state index contributed by atoms with van der Waals surface area (Å²) >= 11 is 0. The van der Waals surface area contributed by atoms with Crippen molar-refractivity contribution in [1.29, 1.82) is 0 Å². The summed E-state index contributed by atoms with van der Waals surface area (Å²) in [5, 5.41) is 4.33. The van der Waals surface area contributed by atoms with Crippen LogP contribution < -0.4 is 4.90 Å². The average Bonchev–Trinajstić information content (AvgIpc) is 2.71. The van der Waals surface area contributed by atoms with E-state index < -0.39 is 12.0 Å². The van der Waals surface area contributed by atoms with E-state index in [0.717, 1.165) is 5.69 Å². The number of hydrogen-bond donors (Lipinski definition) is 0. The largest absolute Gasteiger partial charge is 0.451 e. The van der Waals surface area contributed by atoms with Gasteiger partial charge in [0.2, 0.25) is 5.82 Å². The van der Waals surface area contributed by atoms with Gasteiger partial charge in [-0.2, -0.15) is 18.3 Å². The number of nitrogens with zero attached hydrogens (tertiary/aromatic N) is 5. The number of hydrogen-bond acceptors (Lipinski definition) is 4. The highest BCUT2D eigenvalue weighted by molar-refractivity contribution is 5.67. The van der Waals surface area contributed by atoms with E-state index in [4.69, 9.17) is 0 Å². The second-order valence-corrected chi connectivity index (χ2v) is 5.19. The summed E-state index contributed by atoms with van der Waals surface area (Å²) in [6, 6.07) is 1.55. The molecule has 8 heteroatoms. The van der Waals surface area contributed by atoms with Crippen LogP contribution >= 0.6 is 0 Å². The monoisotopic (exact) mass is 313 g/mol. The van der Waals surface area contributed by atoms with E-state index in [0.29, 0.717) is 17.8 Å². The molecule has 2 rings (SSSR count). The molecule has 2 aromatic rings. The lowest BCUT2D eigenvalue weighted by Gasteiger charge is -2.15. The summed E-state index contributed by atoms with van der Waals surface area (Å²) in [5.41, 5.74) is 2.30. The fourth-order valence-corrected chi connectivity index (χ4v) is 2.29. The highest BCUT2D eigenvalue weighted by Crippen LogP contribution is 2.32. The molecule has 0 amide bonds. The van der Waals surface area contributed by atoms with E-state index in [-0.39, 0.29) is 11.5 Å². The highest BCUT2D eigenvalue weighted by atomic mass is 19.4. The van der Waals surface area contributed by atoms with Gasteiger partial charge in [-0.1, -0.05) is 0 Å². The van der Waals surface area contributed by atoms with Gasteiger partial charge in [0.15, 0.2) is 0 Å². The van der Waals surface area contributed by atoms with Crippen LogP contribution in [-0.4, -0.2) is 33.8 Å². The molecule has 22 heavy (non-hydrogen) atoms. The first-order chi connectivity index (χ1) is 10.1. The van der Waals surface area contributed by atoms with Crippen molar-refractivity contribution in [3.05, 3.63) is 23.3 Å². The SMILES string of the molecule is CCn1nc(C)c(-c2cc(N(C)C)nc(C(F)(F)F)n2)c1C. The third-order valence-corrected chi connectivity index (χ3v) is 3.36. The number of alkyl halides is 3. The van der Waals surface area contributed by atoms with Crippen LogP contribution in [0.4, 0.5) is 19.0 Å². The first-order valence-corrected chi connectivity index (χ1v) is 6.83. The molecule has 0 aliphatic heterocycles. The number of rotatable bonds is 3. The Kier molecular flexibility index (Phi) is 4.12. The Labute approximate surface area is 126 Å². The van der Waals surface area contributed by atoms with E-state index in [2.05, 4.69) is 15.1 Å². The van der Waals surface area contributed by atoms with Gasteiger partial charge in [0.25, 0.3) is 0 Å². The lowest BCUT2D eigenvalue weighted by Crippen LogP contribution is -2.17. The van der Waals surface area contributed by atoms with Crippen molar-refractivity contribution < 1.29 is 13.2 Å². The van der Waals surface area contributed by atoms with E-state index in [9.17, 15) is 13.2 Å². The molecule has 0 aliphatic carbocycles. The smallest absolute Gasteiger partial charge is 0.363 e. The number of anilines is 1. The molecule has 2 aromatic heterocycles. The maximum Gasteiger partial charge on any atom is 0.451 e. The maximum atomic E-state index is 13.0. The van der Waals surface area contributed by atoms with E-state index in [1.807, 2.05) is 13.8 Å². The standard InChI is InChI=1S/C14H18F3N5/c1-6-22-9(3)12(8(2)20-22)10-7-11(21(4)5)19-13(18-10)14(15,16)17/h7H,6H2,1-5H3. The van der Waals surface area contributed by atoms with Crippen LogP contribution in [0.5, 0.6) is 0 Å². The number of halogens is 3. The van der Waals surface area contributed by atoms with Gasteiger partial charge in [-0.05, 0) is 20.8 Å². The van der Waals surface area contributed by atoms with Gasteiger partial charge < -0.3 is 4.90 Å². The summed E-state index contributed by atoms with van der Waals surface area (Å²) in [5.74, 6) is -0.933. The van der Waals surface area contributed by atoms with Crippen LogP contribution in [0.25, 0.3) is 11.3 Å². The third-order valence-electron chi connectivity index (χ3n) is 3.36. The molecule has 0 fully saturated rings. The van der Waals surface area contributed by atoms with Crippen molar-refractivity contribution in [2.75, 3.05) is 19.0 Å². The van der Waals surface area contributed by atoms with Crippen molar-refractivity contribution >= 4 is 5.82 Å². The average molecular weight is 313 g/mol. The molecule has 0 aromatic carbocycles. The zero-order valence-electron chi connectivity index (χ0n) is 13.2. The van der Waals surface area contributed by atoms with Gasteiger partial charge in [-0.15, -0.1) is 0 Å². The van der Waals surface area contributed by atoms with Crippen LogP contribution in [0, 0.1) is 13.8 Å². The zero-order chi connectivity index (χ0) is 16.7. The maximum absolute atomic E-state index is 13.0. The van der Waals surface area contributed by atoms with E-state index in [1.165, 1.54) is 4.90 Å². The van der Waals surface area contributed by atoms with Gasteiger partial charge in [0, 0.05) is 38.0 Å². The van der Waals surface area contributed by atoms with Gasteiger partial charge in [0.1, 0.15) is 5.82 Å². The minimum Gasteiger partial charge on any atom is -0.363 e. The third kappa shape index (κ3) is 2.90. The van der Waals surface area contributed by atoms with E-state index in [1.54, 1.807) is 31.8 Å². The lowest BCUT2D eigenvalue weighted by molar-refractivity contribution is -0.144. The predicted octanol–water partition coefficient (Wildman–Crippen LogP) is 3.06. The van der Waals surface area contributed by atoms with Crippen molar-refractivity contribution in [1.82, 2.24) is 19.7 Å². The molecule has 0 aliphatic rings. The second-order valence-electron chi connectivity index (χ2n) is 5.19. The minimum absolute atomic E-state index is 0.209. The molecule has 120 valence electrons. The molecule has 5 nitrogen and oxygen atoms in total. The second kappa shape index (κ2) is 5.58. The Bertz CT molecular complexity index is 689. The van der Waals surface area contributed by atoms with Crippen molar-refractivity contribution in [2.24, 2.45) is 0 Å². The summed E-state index contributed by atoms with van der Waals surface area (Å²) < 4.78 is 40.9. The Hall–Kier alpha value is -2.12. The molecule has 2 heterocycles. The molecular weight excluding hydrogens is 295 g/mol. The lowest BCUT2D eigenvalue weighted by atomic mass is 10.1. The minimum atomic E-state index is -4.59. The molecule has 0 radical (unpaired) electrons. The van der Waals surface area contributed by atoms with Crippen LogP contribution in [0.15, 0.2) is 6.07 Å². The Morgan fingerprint density at radius 3 is 2.27 bits per heavy atom. The van der Waals surface area contributed by atoms with Crippen LogP contribution in [0.2, 0.25) is 0 Å². The molecular formula is C14H18F3N5. The molecule has 0 unspecified atom stereocenters. The van der Waals surface area contributed by atoms with Crippen LogP contribution in [0.3, 0.4) is 0 Å². The number of aromatic nitrogens is 4. The zero-order valence-corrected chi connectivity index (χ0v) is 13.2. The topological polar surface area (TPSA) is 46.8 Å². The van der Waals surface area contributed by atoms with Crippen molar-refractivity contribution in [3.8, 4) is 11.3 Å². The van der Waals surface area contributed by atoms with Gasteiger partial charge in [-0.25, -0.2) is 9.97 Å². The first kappa shape index (κ1) is 16.3. The molecule has 0 atom stereocenters. The summed E-state index contributed by atoms with van der Waals surface area (Å²) in [4.78, 5) is 8.81. The fourth-order valence-electron chi connectivity index (χ4n) is 2.29. The Balaban J connectivity index is 2.70. The highest BCUT2D eigenvalue weighted by Gasteiger charge is 2.36. The fraction of sp³-hybridized carbons (Fsp3) is 0.500. The molecule has 0 saturated carbocycles. The Morgan fingerprint density at radius 2 is 1.82 bits per heavy atom. The van der Waals surface area contributed by atoms with Gasteiger partial charge in [0.05, 0.1) is 11.4 Å².